The van der Waals surface area contributed by atoms with Gasteiger partial charge in [0, 0.05) is 20.2 Å². The summed E-state index contributed by atoms with van der Waals surface area (Å²) in [4.78, 5) is 26.8. The van der Waals surface area contributed by atoms with Gasteiger partial charge in [-0.05, 0) is 24.3 Å². The summed E-state index contributed by atoms with van der Waals surface area (Å²) < 4.78 is 1.87. The molecule has 2 aromatic heterocycles. The van der Waals surface area contributed by atoms with Crippen LogP contribution in [0, 0.1) is 0 Å². The Hall–Kier alpha value is -2.90. The Morgan fingerprint density at radius 2 is 0.969 bits per heavy atom. The normalized spacial score (nSPS) is 11.1. The lowest BCUT2D eigenvalue weighted by Gasteiger charge is -2.11. The molecule has 0 fully saturated rings. The van der Waals surface area contributed by atoms with Gasteiger partial charge in [0.15, 0.2) is 0 Å². The first-order valence-corrected chi connectivity index (χ1v) is 12.0. The Balaban J connectivity index is 1.42. The largest absolute Gasteiger partial charge is 0.319 e. The van der Waals surface area contributed by atoms with Crippen molar-refractivity contribution in [1.29, 1.82) is 0 Å². The Kier molecular flexibility index (Phi) is 5.61. The van der Waals surface area contributed by atoms with Crippen molar-refractivity contribution >= 4 is 89.2 Å². The number of benzene rings is 3. The molecular weight excluding hydrogens is 483 g/mol. The summed E-state index contributed by atoms with van der Waals surface area (Å²) in [6.07, 6.45) is 0. The van der Waals surface area contributed by atoms with Gasteiger partial charge in [-0.25, -0.2) is 0 Å². The molecule has 2 amide bonds. The van der Waals surface area contributed by atoms with E-state index in [1.165, 1.54) is 22.7 Å². The molecule has 158 valence electrons. The van der Waals surface area contributed by atoms with E-state index < -0.39 is 0 Å². The van der Waals surface area contributed by atoms with Crippen LogP contribution >= 0.6 is 45.9 Å². The molecule has 0 aliphatic rings. The molecule has 0 bridgehead atoms. The van der Waals surface area contributed by atoms with Crippen LogP contribution in [0.25, 0.3) is 20.2 Å². The third-order valence-corrected chi connectivity index (χ3v) is 8.25. The van der Waals surface area contributed by atoms with Crippen LogP contribution in [0.5, 0.6) is 0 Å². The van der Waals surface area contributed by atoms with Gasteiger partial charge in [0.05, 0.1) is 21.4 Å². The lowest BCUT2D eigenvalue weighted by atomic mass is 10.2. The molecule has 4 nitrogen and oxygen atoms in total. The number of para-hydroxylation sites is 2. The van der Waals surface area contributed by atoms with Crippen LogP contribution in [0.15, 0.2) is 72.8 Å². The molecule has 2 heterocycles. The lowest BCUT2D eigenvalue weighted by molar-refractivity contribution is 0.102. The van der Waals surface area contributed by atoms with E-state index in [-0.39, 0.29) is 11.8 Å². The average molecular weight is 497 g/mol. The molecule has 0 spiro atoms. The molecule has 32 heavy (non-hydrogen) atoms. The van der Waals surface area contributed by atoms with E-state index in [9.17, 15) is 9.59 Å². The molecule has 8 heteroatoms. The van der Waals surface area contributed by atoms with E-state index in [4.69, 9.17) is 23.2 Å². The van der Waals surface area contributed by atoms with Crippen LogP contribution in [0.3, 0.4) is 0 Å². The number of fused-ring (bicyclic) bond motifs is 2. The highest BCUT2D eigenvalue weighted by molar-refractivity contribution is 7.22. The number of rotatable bonds is 4. The zero-order valence-electron chi connectivity index (χ0n) is 16.3. The third kappa shape index (κ3) is 3.76. The maximum atomic E-state index is 13.0. The van der Waals surface area contributed by atoms with Crippen molar-refractivity contribution < 1.29 is 9.59 Å². The molecule has 0 saturated carbocycles. The summed E-state index contributed by atoms with van der Waals surface area (Å²) >= 11 is 15.5. The molecule has 0 unspecified atom stereocenters. The van der Waals surface area contributed by atoms with Gasteiger partial charge in [-0.2, -0.15) is 0 Å². The van der Waals surface area contributed by atoms with Crippen LogP contribution in [0.2, 0.25) is 10.0 Å². The molecule has 0 atom stereocenters. The molecule has 0 aliphatic heterocycles. The Labute approximate surface area is 201 Å². The number of amides is 2. The highest BCUT2D eigenvalue weighted by atomic mass is 35.5. The molecule has 0 saturated heterocycles. The molecule has 5 rings (SSSR count). The number of anilines is 2. The number of nitrogens with one attached hydrogen (secondary N) is 2. The Morgan fingerprint density at radius 1 is 0.594 bits per heavy atom. The third-order valence-electron chi connectivity index (χ3n) is 4.91. The second-order valence-corrected chi connectivity index (χ2v) is 9.80. The van der Waals surface area contributed by atoms with E-state index in [0.29, 0.717) is 31.2 Å². The molecular formula is C24H14Cl2N2O2S2. The first kappa shape index (κ1) is 21.0. The highest BCUT2D eigenvalue weighted by Gasteiger charge is 2.20. The van der Waals surface area contributed by atoms with Crippen LogP contribution in [-0.4, -0.2) is 11.8 Å². The van der Waals surface area contributed by atoms with Gasteiger partial charge < -0.3 is 10.6 Å². The van der Waals surface area contributed by atoms with E-state index in [1.807, 2.05) is 48.5 Å². The predicted molar refractivity (Wildman–Crippen MR) is 136 cm³/mol. The smallest absolute Gasteiger partial charge is 0.267 e. The maximum Gasteiger partial charge on any atom is 0.267 e. The van der Waals surface area contributed by atoms with Crippen LogP contribution in [0.4, 0.5) is 11.4 Å². The van der Waals surface area contributed by atoms with Crippen molar-refractivity contribution in [2.75, 3.05) is 10.6 Å². The van der Waals surface area contributed by atoms with Gasteiger partial charge in [0.25, 0.3) is 11.8 Å². The van der Waals surface area contributed by atoms with E-state index in [1.54, 1.807) is 24.3 Å². The first-order chi connectivity index (χ1) is 15.5. The Bertz CT molecular complexity index is 1390. The summed E-state index contributed by atoms with van der Waals surface area (Å²) in [5, 5.41) is 8.25. The monoisotopic (exact) mass is 496 g/mol. The van der Waals surface area contributed by atoms with Crippen molar-refractivity contribution in [3.63, 3.8) is 0 Å². The van der Waals surface area contributed by atoms with E-state index in [2.05, 4.69) is 10.6 Å². The summed E-state index contributed by atoms with van der Waals surface area (Å²) in [5.74, 6) is -0.671. The van der Waals surface area contributed by atoms with Gasteiger partial charge in [-0.15, -0.1) is 22.7 Å². The molecule has 0 aliphatic carbocycles. The van der Waals surface area contributed by atoms with Crippen molar-refractivity contribution in [1.82, 2.24) is 0 Å². The van der Waals surface area contributed by atoms with Gasteiger partial charge >= 0.3 is 0 Å². The van der Waals surface area contributed by atoms with E-state index >= 15 is 0 Å². The SMILES string of the molecule is O=C(Nc1ccccc1NC(=O)c1sc2ccccc2c1Cl)c1sc2ccccc2c1Cl. The summed E-state index contributed by atoms with van der Waals surface area (Å²) in [7, 11) is 0. The fourth-order valence-corrected chi connectivity index (χ4v) is 6.20. The zero-order valence-corrected chi connectivity index (χ0v) is 19.5. The number of carbonyl (C=O) groups is 2. The first-order valence-electron chi connectivity index (χ1n) is 9.58. The minimum Gasteiger partial charge on any atom is -0.319 e. The molecule has 3 aromatic carbocycles. The summed E-state index contributed by atoms with van der Waals surface area (Å²) in [6.45, 7) is 0. The van der Waals surface area contributed by atoms with Crippen LogP contribution < -0.4 is 10.6 Å². The van der Waals surface area contributed by atoms with Crippen LogP contribution in [0.1, 0.15) is 19.3 Å². The van der Waals surface area contributed by atoms with Gasteiger partial charge in [-0.1, -0.05) is 71.7 Å². The topological polar surface area (TPSA) is 58.2 Å². The lowest BCUT2D eigenvalue weighted by Crippen LogP contribution is -2.16. The van der Waals surface area contributed by atoms with Crippen LogP contribution in [-0.2, 0) is 0 Å². The van der Waals surface area contributed by atoms with Crippen molar-refractivity contribution in [3.8, 4) is 0 Å². The molecule has 2 N–H and O–H groups in total. The fourth-order valence-electron chi connectivity index (χ4n) is 3.38. The number of thiophene rings is 2. The standard InChI is InChI=1S/C24H14Cl2N2O2S2/c25-19-13-7-1-5-11-17(13)31-21(19)23(29)27-15-9-3-4-10-16(15)28-24(30)22-20(26)14-8-2-6-12-18(14)32-22/h1-12H,(H,27,29)(H,28,30). The van der Waals surface area contributed by atoms with Crippen molar-refractivity contribution in [3.05, 3.63) is 92.6 Å². The van der Waals surface area contributed by atoms with Gasteiger partial charge in [0.1, 0.15) is 9.75 Å². The van der Waals surface area contributed by atoms with Gasteiger partial charge in [-0.3, -0.25) is 9.59 Å². The minimum absolute atomic E-state index is 0.335. The predicted octanol–water partition coefficient (Wildman–Crippen LogP) is 7.93. The number of halogens is 2. The average Bonchev–Trinajstić information content (AvgIpc) is 3.33. The quantitative estimate of drug-likeness (QED) is 0.265. The maximum absolute atomic E-state index is 13.0. The Morgan fingerprint density at radius 3 is 1.38 bits per heavy atom. The minimum atomic E-state index is -0.335. The van der Waals surface area contributed by atoms with Crippen molar-refractivity contribution in [2.45, 2.75) is 0 Å². The van der Waals surface area contributed by atoms with E-state index in [0.717, 1.165) is 20.2 Å². The molecule has 0 radical (unpaired) electrons. The number of carbonyl (C=O) groups excluding carboxylic acids is 2. The highest BCUT2D eigenvalue weighted by Crippen LogP contribution is 2.37. The second kappa shape index (κ2) is 8.56. The second-order valence-electron chi connectivity index (χ2n) is 6.94. The fraction of sp³-hybridized carbons (Fsp3) is 0. The van der Waals surface area contributed by atoms with Gasteiger partial charge in [0.2, 0.25) is 0 Å². The van der Waals surface area contributed by atoms with Crippen molar-refractivity contribution in [2.24, 2.45) is 0 Å². The summed E-state index contributed by atoms with van der Waals surface area (Å²) in [5.41, 5.74) is 0.938. The molecule has 5 aromatic rings. The number of hydrogen-bond acceptors (Lipinski definition) is 4. The number of hydrogen-bond donors (Lipinski definition) is 2. The summed E-state index contributed by atoms with van der Waals surface area (Å²) in [6, 6.07) is 22.2. The zero-order chi connectivity index (χ0) is 22.2.